The Morgan fingerprint density at radius 1 is 0.905 bits per heavy atom. The predicted octanol–water partition coefficient (Wildman–Crippen LogP) is 5.86. The molecule has 0 aliphatic rings. The number of aromatic hydroxyl groups is 1. The van der Waals surface area contributed by atoms with E-state index >= 15 is 0 Å². The van der Waals surface area contributed by atoms with Gasteiger partial charge in [0.1, 0.15) is 24.7 Å². The zero-order chi connectivity index (χ0) is 32.4. The minimum absolute atomic E-state index is 0.0326. The Hall–Kier alpha value is -2.94. The van der Waals surface area contributed by atoms with E-state index in [-0.39, 0.29) is 17.4 Å². The molecule has 0 unspecified atom stereocenters. The molecule has 0 spiro atoms. The number of carbonyl (C=O) groups excluding carboxylic acids is 2. The number of aryl methyl sites for hydroxylation is 1. The molecule has 1 aromatic heterocycles. The maximum absolute atomic E-state index is 13.0. The van der Waals surface area contributed by atoms with Crippen molar-refractivity contribution in [3.05, 3.63) is 51.8 Å². The number of hydrogen-bond donors (Lipinski definition) is 3. The van der Waals surface area contributed by atoms with Gasteiger partial charge in [0.15, 0.2) is 0 Å². The normalized spacial score (nSPS) is 12.8. The van der Waals surface area contributed by atoms with E-state index in [0.717, 1.165) is 22.4 Å². The first-order valence-electron chi connectivity index (χ1n) is 13.9. The van der Waals surface area contributed by atoms with Crippen LogP contribution in [-0.4, -0.2) is 50.4 Å². The van der Waals surface area contributed by atoms with Crippen molar-refractivity contribution in [1.29, 1.82) is 0 Å². The largest absolute Gasteiger partial charge is 0.506 e. The third kappa shape index (κ3) is 8.33. The van der Waals surface area contributed by atoms with Gasteiger partial charge >= 0.3 is 19.5 Å². The molecule has 234 valence electrons. The van der Waals surface area contributed by atoms with Crippen molar-refractivity contribution in [1.82, 2.24) is 4.98 Å². The van der Waals surface area contributed by atoms with Crippen LogP contribution in [0.25, 0.3) is 0 Å². The lowest BCUT2D eigenvalue weighted by atomic mass is 9.93. The van der Waals surface area contributed by atoms with Crippen LogP contribution in [0.4, 0.5) is 0 Å². The first-order chi connectivity index (χ1) is 19.0. The van der Waals surface area contributed by atoms with Crippen LogP contribution in [0.1, 0.15) is 94.9 Å². The van der Waals surface area contributed by atoms with Crippen molar-refractivity contribution in [2.75, 3.05) is 13.2 Å². The summed E-state index contributed by atoms with van der Waals surface area (Å²) in [6.45, 7) is 17.3. The van der Waals surface area contributed by atoms with E-state index in [1.54, 1.807) is 66.7 Å². The maximum Gasteiger partial charge on any atom is 0.376 e. The topological polar surface area (TPSA) is 152 Å². The molecule has 0 fully saturated rings. The lowest BCUT2D eigenvalue weighted by Crippen LogP contribution is -2.48. The Morgan fingerprint density at radius 2 is 1.40 bits per heavy atom. The van der Waals surface area contributed by atoms with Crippen molar-refractivity contribution in [2.24, 2.45) is 10.8 Å². The average molecular weight is 608 g/mol. The highest BCUT2D eigenvalue weighted by Crippen LogP contribution is 2.53. The molecule has 11 heteroatoms. The van der Waals surface area contributed by atoms with E-state index in [1.807, 2.05) is 27.7 Å². The van der Waals surface area contributed by atoms with E-state index < -0.39 is 48.9 Å². The van der Waals surface area contributed by atoms with Gasteiger partial charge in [0.05, 0.1) is 16.5 Å². The molecule has 0 atom stereocenters. The molecule has 0 bridgehead atoms. The second kappa shape index (κ2) is 12.7. The van der Waals surface area contributed by atoms with Crippen LogP contribution < -0.4 is 4.74 Å². The summed E-state index contributed by atoms with van der Waals surface area (Å²) in [6, 6.07) is 5.04. The zero-order valence-electron chi connectivity index (χ0n) is 26.6. The SMILES string of the molecule is Cc1cc(OC(COC(=O)C(C)(C)C)(COC(=O)C(C)(C)C)P(=O)(O)O)c(C)c(C)c1Cc1ccc(O)c(C(C)C)n1. The highest BCUT2D eigenvalue weighted by molar-refractivity contribution is 7.53. The molecule has 0 aliphatic carbocycles. The number of ether oxygens (including phenoxy) is 3. The van der Waals surface area contributed by atoms with E-state index in [0.29, 0.717) is 17.7 Å². The first-order valence-corrected chi connectivity index (χ1v) is 15.5. The summed E-state index contributed by atoms with van der Waals surface area (Å²) < 4.78 is 29.8. The fourth-order valence-corrected chi connectivity index (χ4v) is 4.70. The van der Waals surface area contributed by atoms with Crippen molar-refractivity contribution < 1.29 is 43.3 Å². The molecule has 0 amide bonds. The molecule has 2 rings (SSSR count). The lowest BCUT2D eigenvalue weighted by molar-refractivity contribution is -0.164. The van der Waals surface area contributed by atoms with Crippen molar-refractivity contribution in [3.8, 4) is 11.5 Å². The highest BCUT2D eigenvalue weighted by Gasteiger charge is 2.53. The van der Waals surface area contributed by atoms with Gasteiger partial charge in [0, 0.05) is 12.1 Å². The van der Waals surface area contributed by atoms with E-state index in [2.05, 4.69) is 4.98 Å². The smallest absolute Gasteiger partial charge is 0.376 e. The average Bonchev–Trinajstić information content (AvgIpc) is 2.84. The Kier molecular flexibility index (Phi) is 10.7. The first kappa shape index (κ1) is 35.3. The van der Waals surface area contributed by atoms with Gasteiger partial charge in [0.25, 0.3) is 5.34 Å². The number of rotatable bonds is 10. The molecular formula is C31H46NO9P. The standard InChI is InChI=1S/C31H46NO9P/c1-18(2)26-24(33)13-12-22(32-26)15-23-19(3)14-25(21(5)20(23)4)41-31(42(36,37)38,16-39-27(34)29(6,7)8)17-40-28(35)30(9,10)11/h12-14,18,33H,15-17H2,1-11H3,(H2,36,37,38). The molecule has 0 saturated carbocycles. The van der Waals surface area contributed by atoms with Crippen LogP contribution in [0.3, 0.4) is 0 Å². The second-order valence-electron chi connectivity index (χ2n) is 13.2. The van der Waals surface area contributed by atoms with Gasteiger partial charge in [-0.25, -0.2) is 0 Å². The number of aromatic nitrogens is 1. The van der Waals surface area contributed by atoms with Crippen LogP contribution in [-0.2, 0) is 30.0 Å². The molecule has 0 saturated heterocycles. The fraction of sp³-hybridized carbons (Fsp3) is 0.581. The van der Waals surface area contributed by atoms with Gasteiger partial charge in [-0.1, -0.05) is 13.8 Å². The molecule has 2 aromatic rings. The van der Waals surface area contributed by atoms with Crippen molar-refractivity contribution >= 4 is 19.5 Å². The zero-order valence-corrected chi connectivity index (χ0v) is 27.5. The molecular weight excluding hydrogens is 561 g/mol. The van der Waals surface area contributed by atoms with Crippen molar-refractivity contribution in [3.63, 3.8) is 0 Å². The molecule has 0 radical (unpaired) electrons. The molecule has 1 aromatic carbocycles. The highest BCUT2D eigenvalue weighted by atomic mass is 31.2. The maximum atomic E-state index is 13.0. The number of hydrogen-bond acceptors (Lipinski definition) is 8. The van der Waals surface area contributed by atoms with E-state index in [4.69, 9.17) is 14.2 Å². The van der Waals surface area contributed by atoms with Gasteiger partial charge < -0.3 is 29.1 Å². The number of benzene rings is 1. The number of esters is 2. The third-order valence-corrected chi connectivity index (χ3v) is 8.40. The molecule has 10 nitrogen and oxygen atoms in total. The minimum atomic E-state index is -5.24. The summed E-state index contributed by atoms with van der Waals surface area (Å²) in [5.74, 6) is -1.09. The number of pyridine rings is 1. The summed E-state index contributed by atoms with van der Waals surface area (Å²) >= 11 is 0. The van der Waals surface area contributed by atoms with Crippen LogP contribution in [0.5, 0.6) is 11.5 Å². The summed E-state index contributed by atoms with van der Waals surface area (Å²) in [5, 5.41) is 7.68. The van der Waals surface area contributed by atoms with E-state index in [1.165, 1.54) is 0 Å². The quantitative estimate of drug-likeness (QED) is 0.221. The second-order valence-corrected chi connectivity index (χ2v) is 15.1. The molecule has 0 aliphatic heterocycles. The van der Waals surface area contributed by atoms with Gasteiger partial charge in [-0.2, -0.15) is 0 Å². The van der Waals surface area contributed by atoms with Gasteiger partial charge in [-0.3, -0.25) is 19.1 Å². The van der Waals surface area contributed by atoms with E-state index in [9.17, 15) is 29.0 Å². The molecule has 42 heavy (non-hydrogen) atoms. The fourth-order valence-electron chi connectivity index (χ4n) is 4.01. The summed E-state index contributed by atoms with van der Waals surface area (Å²) in [5.41, 5.74) is 2.56. The van der Waals surface area contributed by atoms with Crippen LogP contribution in [0, 0.1) is 31.6 Å². The lowest BCUT2D eigenvalue weighted by Gasteiger charge is -2.35. The number of nitrogens with zero attached hydrogens (tertiary/aromatic N) is 1. The van der Waals surface area contributed by atoms with Crippen LogP contribution >= 0.6 is 7.60 Å². The van der Waals surface area contributed by atoms with Gasteiger partial charge in [-0.05, 0) is 109 Å². The Labute approximate surface area is 249 Å². The summed E-state index contributed by atoms with van der Waals surface area (Å²) in [4.78, 5) is 51.0. The monoisotopic (exact) mass is 607 g/mol. The summed E-state index contributed by atoms with van der Waals surface area (Å²) in [7, 11) is -5.24. The Bertz CT molecular complexity index is 1330. The molecule has 3 N–H and O–H groups in total. The van der Waals surface area contributed by atoms with Gasteiger partial charge in [-0.15, -0.1) is 0 Å². The van der Waals surface area contributed by atoms with Crippen molar-refractivity contribution in [2.45, 2.75) is 93.8 Å². The Morgan fingerprint density at radius 3 is 1.83 bits per heavy atom. The van der Waals surface area contributed by atoms with Gasteiger partial charge in [0.2, 0.25) is 0 Å². The third-order valence-electron chi connectivity index (χ3n) is 6.99. The summed E-state index contributed by atoms with van der Waals surface area (Å²) in [6.07, 6.45) is 0.453. The Balaban J connectivity index is 2.58. The predicted molar refractivity (Wildman–Crippen MR) is 160 cm³/mol. The van der Waals surface area contributed by atoms with Crippen LogP contribution in [0.15, 0.2) is 18.2 Å². The van der Waals surface area contributed by atoms with Crippen LogP contribution in [0.2, 0.25) is 0 Å². The minimum Gasteiger partial charge on any atom is -0.506 e. The number of carbonyl (C=O) groups is 2. The molecule has 1 heterocycles.